The molecule has 1 atom stereocenters. The van der Waals surface area contributed by atoms with Gasteiger partial charge in [0.15, 0.2) is 0 Å². The van der Waals surface area contributed by atoms with Crippen molar-refractivity contribution in [1.82, 2.24) is 4.90 Å². The van der Waals surface area contributed by atoms with E-state index in [1.165, 1.54) is 44.1 Å². The second-order valence-electron chi connectivity index (χ2n) is 6.27. The van der Waals surface area contributed by atoms with Crippen LogP contribution in [0.25, 0.3) is 0 Å². The number of hydrogen-bond acceptors (Lipinski definition) is 2. The lowest BCUT2D eigenvalue weighted by Gasteiger charge is -2.33. The van der Waals surface area contributed by atoms with Crippen molar-refractivity contribution in [2.45, 2.75) is 51.0 Å². The molecular weight excluding hydrogens is 244 g/mol. The van der Waals surface area contributed by atoms with E-state index in [1.54, 1.807) is 0 Å². The van der Waals surface area contributed by atoms with Crippen molar-refractivity contribution in [1.29, 1.82) is 0 Å². The molecule has 1 saturated carbocycles. The average Bonchev–Trinajstić information content (AvgIpc) is 2.76. The molecule has 2 nitrogen and oxygen atoms in total. The normalized spacial score (nSPS) is 18.9. The van der Waals surface area contributed by atoms with Crippen molar-refractivity contribution in [2.24, 2.45) is 11.7 Å². The van der Waals surface area contributed by atoms with E-state index in [-0.39, 0.29) is 0 Å². The van der Waals surface area contributed by atoms with Crippen LogP contribution < -0.4 is 5.73 Å². The van der Waals surface area contributed by atoms with E-state index < -0.39 is 0 Å². The van der Waals surface area contributed by atoms with Crippen LogP contribution in [0.1, 0.15) is 44.1 Å². The first-order valence-electron chi connectivity index (χ1n) is 8.25. The van der Waals surface area contributed by atoms with Gasteiger partial charge in [0.1, 0.15) is 0 Å². The number of nitrogens with zero attached hydrogens (tertiary/aromatic N) is 1. The largest absolute Gasteiger partial charge is 0.329 e. The third kappa shape index (κ3) is 4.60. The first kappa shape index (κ1) is 15.5. The molecule has 0 saturated heterocycles. The van der Waals surface area contributed by atoms with E-state index in [0.29, 0.717) is 6.04 Å². The van der Waals surface area contributed by atoms with Crippen molar-refractivity contribution in [3.8, 4) is 0 Å². The standard InChI is InChI=1S/C18H30N2/c1-20(14-13-16-9-5-4-6-10-16)18(15-19)17-11-7-2-3-8-12-17/h4-6,9-10,17-18H,2-3,7-8,11-15,19H2,1H3. The highest BCUT2D eigenvalue weighted by molar-refractivity contribution is 5.14. The minimum atomic E-state index is 0.566. The summed E-state index contributed by atoms with van der Waals surface area (Å²) in [6, 6.07) is 11.3. The monoisotopic (exact) mass is 274 g/mol. The quantitative estimate of drug-likeness (QED) is 0.805. The van der Waals surface area contributed by atoms with Gasteiger partial charge in [0.2, 0.25) is 0 Å². The molecule has 0 amide bonds. The summed E-state index contributed by atoms with van der Waals surface area (Å²) in [5.41, 5.74) is 7.51. The van der Waals surface area contributed by atoms with Gasteiger partial charge in [-0.15, -0.1) is 0 Å². The fourth-order valence-electron chi connectivity index (χ4n) is 3.54. The van der Waals surface area contributed by atoms with Gasteiger partial charge in [0, 0.05) is 19.1 Å². The molecule has 1 aromatic carbocycles. The fourth-order valence-corrected chi connectivity index (χ4v) is 3.54. The predicted molar refractivity (Wildman–Crippen MR) is 86.8 cm³/mol. The molecule has 2 rings (SSSR count). The van der Waals surface area contributed by atoms with Crippen LogP contribution in [0, 0.1) is 5.92 Å². The number of nitrogens with two attached hydrogens (primary N) is 1. The van der Waals surface area contributed by atoms with Gasteiger partial charge in [-0.3, -0.25) is 0 Å². The third-order valence-electron chi connectivity index (χ3n) is 4.85. The smallest absolute Gasteiger partial charge is 0.0243 e. The molecule has 1 aliphatic carbocycles. The Balaban J connectivity index is 1.86. The second kappa shape index (κ2) is 8.43. The molecule has 2 N–H and O–H groups in total. The summed E-state index contributed by atoms with van der Waals surface area (Å²) in [7, 11) is 2.26. The van der Waals surface area contributed by atoms with E-state index in [1.807, 2.05) is 0 Å². The summed E-state index contributed by atoms with van der Waals surface area (Å²) < 4.78 is 0. The maximum Gasteiger partial charge on any atom is 0.0243 e. The maximum absolute atomic E-state index is 6.08. The Morgan fingerprint density at radius 2 is 1.75 bits per heavy atom. The molecule has 0 heterocycles. The minimum absolute atomic E-state index is 0.566. The Kier molecular flexibility index (Phi) is 6.55. The van der Waals surface area contributed by atoms with E-state index >= 15 is 0 Å². The topological polar surface area (TPSA) is 29.3 Å². The van der Waals surface area contributed by atoms with Crippen LogP contribution in [-0.2, 0) is 6.42 Å². The zero-order chi connectivity index (χ0) is 14.2. The van der Waals surface area contributed by atoms with Crippen molar-refractivity contribution in [3.05, 3.63) is 35.9 Å². The molecular formula is C18H30N2. The maximum atomic E-state index is 6.08. The SMILES string of the molecule is CN(CCc1ccccc1)C(CN)C1CCCCCC1. The molecule has 0 aliphatic heterocycles. The highest BCUT2D eigenvalue weighted by Gasteiger charge is 2.24. The van der Waals surface area contributed by atoms with Crippen LogP contribution in [-0.4, -0.2) is 31.1 Å². The van der Waals surface area contributed by atoms with Crippen molar-refractivity contribution in [3.63, 3.8) is 0 Å². The average molecular weight is 274 g/mol. The highest BCUT2D eigenvalue weighted by atomic mass is 15.1. The van der Waals surface area contributed by atoms with Crippen LogP contribution >= 0.6 is 0 Å². The number of hydrogen-bond donors (Lipinski definition) is 1. The zero-order valence-electron chi connectivity index (χ0n) is 12.9. The third-order valence-corrected chi connectivity index (χ3v) is 4.85. The predicted octanol–water partition coefficient (Wildman–Crippen LogP) is 3.46. The molecule has 0 aromatic heterocycles. The highest BCUT2D eigenvalue weighted by Crippen LogP contribution is 2.27. The summed E-state index contributed by atoms with van der Waals surface area (Å²) >= 11 is 0. The van der Waals surface area contributed by atoms with E-state index in [4.69, 9.17) is 5.73 Å². The van der Waals surface area contributed by atoms with Crippen LogP contribution in [0.3, 0.4) is 0 Å². The Labute approximate surface area is 124 Å². The lowest BCUT2D eigenvalue weighted by Crippen LogP contribution is -2.44. The number of benzene rings is 1. The van der Waals surface area contributed by atoms with Gasteiger partial charge in [-0.2, -0.15) is 0 Å². The van der Waals surface area contributed by atoms with Gasteiger partial charge >= 0.3 is 0 Å². The summed E-state index contributed by atoms with van der Waals surface area (Å²) in [5.74, 6) is 0.809. The molecule has 1 aromatic rings. The first-order chi connectivity index (χ1) is 9.81. The fraction of sp³-hybridized carbons (Fsp3) is 0.667. The van der Waals surface area contributed by atoms with Crippen molar-refractivity contribution >= 4 is 0 Å². The van der Waals surface area contributed by atoms with Gasteiger partial charge in [0.25, 0.3) is 0 Å². The van der Waals surface area contributed by atoms with Crippen LogP contribution in [0.4, 0.5) is 0 Å². The number of likely N-dealkylation sites (N-methyl/N-ethyl adjacent to an activating group) is 1. The minimum Gasteiger partial charge on any atom is -0.329 e. The summed E-state index contributed by atoms with van der Waals surface area (Å²) in [6.45, 7) is 1.92. The molecule has 1 unspecified atom stereocenters. The molecule has 20 heavy (non-hydrogen) atoms. The molecule has 2 heteroatoms. The van der Waals surface area contributed by atoms with E-state index in [0.717, 1.165) is 25.4 Å². The molecule has 0 bridgehead atoms. The lowest BCUT2D eigenvalue weighted by molar-refractivity contribution is 0.168. The summed E-state index contributed by atoms with van der Waals surface area (Å²) in [4.78, 5) is 2.50. The Morgan fingerprint density at radius 1 is 1.10 bits per heavy atom. The lowest BCUT2D eigenvalue weighted by atomic mass is 9.90. The van der Waals surface area contributed by atoms with Crippen molar-refractivity contribution < 1.29 is 0 Å². The summed E-state index contributed by atoms with van der Waals surface area (Å²) in [5, 5.41) is 0. The van der Waals surface area contributed by atoms with Gasteiger partial charge in [-0.25, -0.2) is 0 Å². The van der Waals surface area contributed by atoms with Gasteiger partial charge in [-0.05, 0) is 37.8 Å². The molecule has 0 radical (unpaired) electrons. The van der Waals surface area contributed by atoms with Crippen molar-refractivity contribution in [2.75, 3.05) is 20.1 Å². The van der Waals surface area contributed by atoms with E-state index in [2.05, 4.69) is 42.3 Å². The zero-order valence-corrected chi connectivity index (χ0v) is 12.9. The first-order valence-corrected chi connectivity index (χ1v) is 8.25. The number of rotatable bonds is 6. The van der Waals surface area contributed by atoms with Crippen LogP contribution in [0.2, 0.25) is 0 Å². The Bertz CT molecular complexity index is 355. The van der Waals surface area contributed by atoms with Gasteiger partial charge < -0.3 is 10.6 Å². The molecule has 1 aliphatic rings. The summed E-state index contributed by atoms with van der Waals surface area (Å²) in [6.07, 6.45) is 9.50. The Morgan fingerprint density at radius 3 is 2.35 bits per heavy atom. The van der Waals surface area contributed by atoms with E-state index in [9.17, 15) is 0 Å². The molecule has 1 fully saturated rings. The molecule has 0 spiro atoms. The Hall–Kier alpha value is -0.860. The van der Waals surface area contributed by atoms with Gasteiger partial charge in [-0.1, -0.05) is 56.0 Å². The second-order valence-corrected chi connectivity index (χ2v) is 6.27. The van der Waals surface area contributed by atoms with Crippen LogP contribution in [0.5, 0.6) is 0 Å². The molecule has 112 valence electrons. The van der Waals surface area contributed by atoms with Gasteiger partial charge in [0.05, 0.1) is 0 Å². The van der Waals surface area contributed by atoms with Crippen LogP contribution in [0.15, 0.2) is 30.3 Å².